The average molecular weight is 260 g/mol. The predicted octanol–water partition coefficient (Wildman–Crippen LogP) is 3.17. The van der Waals surface area contributed by atoms with Gasteiger partial charge in [0.05, 0.1) is 14.2 Å². The first-order valence-corrected chi connectivity index (χ1v) is 5.60. The zero-order valence-corrected chi connectivity index (χ0v) is 11.7. The molecular formula is C13H22ClNO2. The number of halogens is 1. The van der Waals surface area contributed by atoms with E-state index < -0.39 is 0 Å². The van der Waals surface area contributed by atoms with Gasteiger partial charge in [-0.05, 0) is 23.6 Å². The van der Waals surface area contributed by atoms with Crippen molar-refractivity contribution in [1.29, 1.82) is 0 Å². The molecule has 0 aromatic heterocycles. The van der Waals surface area contributed by atoms with E-state index in [2.05, 4.69) is 13.8 Å². The lowest BCUT2D eigenvalue weighted by molar-refractivity contribution is 0.389. The first kappa shape index (κ1) is 16.1. The molecule has 0 saturated heterocycles. The van der Waals surface area contributed by atoms with Crippen LogP contribution in [0.15, 0.2) is 18.2 Å². The number of rotatable bonds is 5. The van der Waals surface area contributed by atoms with Gasteiger partial charge in [-0.25, -0.2) is 0 Å². The lowest BCUT2D eigenvalue weighted by atomic mass is 9.93. The smallest absolute Gasteiger partial charge is 0.122 e. The van der Waals surface area contributed by atoms with E-state index in [4.69, 9.17) is 15.2 Å². The zero-order chi connectivity index (χ0) is 12.1. The second kappa shape index (κ2) is 7.41. The Labute approximate surface area is 110 Å². The van der Waals surface area contributed by atoms with Crippen molar-refractivity contribution < 1.29 is 9.47 Å². The molecule has 0 bridgehead atoms. The number of hydrogen-bond donors (Lipinski definition) is 1. The van der Waals surface area contributed by atoms with Crippen molar-refractivity contribution in [3.05, 3.63) is 23.8 Å². The molecule has 0 amide bonds. The molecule has 3 nitrogen and oxygen atoms in total. The summed E-state index contributed by atoms with van der Waals surface area (Å²) < 4.78 is 10.5. The summed E-state index contributed by atoms with van der Waals surface area (Å²) in [5.74, 6) is 2.01. The molecule has 1 rings (SSSR count). The van der Waals surface area contributed by atoms with Crippen molar-refractivity contribution in [2.75, 3.05) is 14.2 Å². The molecule has 4 heteroatoms. The topological polar surface area (TPSA) is 44.5 Å². The molecule has 0 fully saturated rings. The fourth-order valence-electron chi connectivity index (χ4n) is 1.60. The average Bonchev–Trinajstić information content (AvgIpc) is 2.35. The zero-order valence-electron chi connectivity index (χ0n) is 10.9. The largest absolute Gasteiger partial charge is 0.497 e. The molecule has 2 atom stereocenters. The van der Waals surface area contributed by atoms with E-state index in [9.17, 15) is 0 Å². The van der Waals surface area contributed by atoms with Crippen LogP contribution in [-0.2, 0) is 0 Å². The van der Waals surface area contributed by atoms with Crippen LogP contribution in [0.5, 0.6) is 11.5 Å². The highest BCUT2D eigenvalue weighted by atomic mass is 35.5. The van der Waals surface area contributed by atoms with E-state index in [-0.39, 0.29) is 18.4 Å². The lowest BCUT2D eigenvalue weighted by Crippen LogP contribution is -2.18. The Balaban J connectivity index is 0.00000256. The van der Waals surface area contributed by atoms with Crippen LogP contribution in [0.3, 0.4) is 0 Å². The predicted molar refractivity (Wildman–Crippen MR) is 73.2 cm³/mol. The summed E-state index contributed by atoms with van der Waals surface area (Å²) in [5.41, 5.74) is 7.25. The molecule has 0 saturated carbocycles. The van der Waals surface area contributed by atoms with Gasteiger partial charge in [0.15, 0.2) is 0 Å². The second-order valence-corrected chi connectivity index (χ2v) is 4.06. The van der Waals surface area contributed by atoms with Crippen molar-refractivity contribution in [3.8, 4) is 11.5 Å². The lowest BCUT2D eigenvalue weighted by Gasteiger charge is -2.20. The Morgan fingerprint density at radius 3 is 1.94 bits per heavy atom. The number of methoxy groups -OCH3 is 2. The second-order valence-electron chi connectivity index (χ2n) is 4.06. The molecule has 1 unspecified atom stereocenters. The molecule has 2 N–H and O–H groups in total. The summed E-state index contributed by atoms with van der Waals surface area (Å²) in [6, 6.07) is 5.82. The third-order valence-electron chi connectivity index (χ3n) is 3.02. The van der Waals surface area contributed by atoms with Crippen LogP contribution in [0.1, 0.15) is 31.9 Å². The van der Waals surface area contributed by atoms with Gasteiger partial charge < -0.3 is 15.2 Å². The first-order valence-electron chi connectivity index (χ1n) is 5.60. The maximum Gasteiger partial charge on any atom is 0.122 e. The van der Waals surface area contributed by atoms with Crippen molar-refractivity contribution in [3.63, 3.8) is 0 Å². The van der Waals surface area contributed by atoms with Gasteiger partial charge in [0.25, 0.3) is 0 Å². The molecular weight excluding hydrogens is 238 g/mol. The quantitative estimate of drug-likeness (QED) is 0.883. The van der Waals surface area contributed by atoms with Gasteiger partial charge in [0.2, 0.25) is 0 Å². The fraction of sp³-hybridized carbons (Fsp3) is 0.538. The minimum absolute atomic E-state index is 0. The fourth-order valence-corrected chi connectivity index (χ4v) is 1.60. The van der Waals surface area contributed by atoms with E-state index >= 15 is 0 Å². The minimum Gasteiger partial charge on any atom is -0.497 e. The van der Waals surface area contributed by atoms with Gasteiger partial charge in [0.1, 0.15) is 11.5 Å². The van der Waals surface area contributed by atoms with Crippen molar-refractivity contribution >= 4 is 12.4 Å². The number of nitrogens with two attached hydrogens (primary N) is 1. The first-order chi connectivity index (χ1) is 7.62. The van der Waals surface area contributed by atoms with Crippen LogP contribution in [0, 0.1) is 5.92 Å². The van der Waals surface area contributed by atoms with E-state index in [1.165, 1.54) is 0 Å². The number of hydrogen-bond acceptors (Lipinski definition) is 3. The highest BCUT2D eigenvalue weighted by Crippen LogP contribution is 2.29. The van der Waals surface area contributed by atoms with Gasteiger partial charge in [-0.1, -0.05) is 20.3 Å². The molecule has 0 aliphatic heterocycles. The monoisotopic (exact) mass is 259 g/mol. The Bertz CT molecular complexity index is 322. The highest BCUT2D eigenvalue weighted by molar-refractivity contribution is 5.85. The Morgan fingerprint density at radius 1 is 1.12 bits per heavy atom. The summed E-state index contributed by atoms with van der Waals surface area (Å²) in [6.07, 6.45) is 1.06. The van der Waals surface area contributed by atoms with E-state index in [0.29, 0.717) is 5.92 Å². The van der Waals surface area contributed by atoms with Crippen molar-refractivity contribution in [2.45, 2.75) is 26.3 Å². The maximum atomic E-state index is 6.19. The molecule has 98 valence electrons. The normalized spacial score (nSPS) is 13.5. The van der Waals surface area contributed by atoms with Gasteiger partial charge in [-0.15, -0.1) is 12.4 Å². The van der Waals surface area contributed by atoms with Crippen molar-refractivity contribution in [1.82, 2.24) is 0 Å². The number of benzene rings is 1. The highest BCUT2D eigenvalue weighted by Gasteiger charge is 2.15. The summed E-state index contributed by atoms with van der Waals surface area (Å²) in [5, 5.41) is 0. The van der Waals surface area contributed by atoms with Crippen molar-refractivity contribution in [2.24, 2.45) is 11.7 Å². The summed E-state index contributed by atoms with van der Waals surface area (Å²) in [6.45, 7) is 4.29. The van der Waals surface area contributed by atoms with Crippen LogP contribution in [0.4, 0.5) is 0 Å². The Kier molecular flexibility index (Phi) is 7.00. The Morgan fingerprint density at radius 2 is 1.59 bits per heavy atom. The molecule has 0 aliphatic rings. The van der Waals surface area contributed by atoms with Crippen LogP contribution in [0.25, 0.3) is 0 Å². The van der Waals surface area contributed by atoms with Crippen LogP contribution >= 0.6 is 12.4 Å². The summed E-state index contributed by atoms with van der Waals surface area (Å²) in [4.78, 5) is 0. The molecule has 17 heavy (non-hydrogen) atoms. The molecule has 0 aliphatic carbocycles. The molecule has 0 spiro atoms. The number of ether oxygens (including phenoxy) is 2. The standard InChI is InChI=1S/C13H21NO2.ClH/c1-5-9(2)13(14)10-6-11(15-3)8-12(7-10)16-4;/h6-9,13H,5,14H2,1-4H3;1H/t9?,13-;/m0./s1. The van der Waals surface area contributed by atoms with E-state index in [0.717, 1.165) is 23.5 Å². The van der Waals surface area contributed by atoms with E-state index in [1.807, 2.05) is 18.2 Å². The molecule has 1 aromatic rings. The minimum atomic E-state index is 0. The van der Waals surface area contributed by atoms with Gasteiger partial charge in [-0.3, -0.25) is 0 Å². The van der Waals surface area contributed by atoms with Crippen LogP contribution in [0.2, 0.25) is 0 Å². The Hall–Kier alpha value is -0.930. The third-order valence-corrected chi connectivity index (χ3v) is 3.02. The molecule has 0 heterocycles. The maximum absolute atomic E-state index is 6.19. The summed E-state index contributed by atoms with van der Waals surface area (Å²) in [7, 11) is 3.29. The van der Waals surface area contributed by atoms with Gasteiger partial charge >= 0.3 is 0 Å². The van der Waals surface area contributed by atoms with Crippen LogP contribution in [-0.4, -0.2) is 14.2 Å². The summed E-state index contributed by atoms with van der Waals surface area (Å²) >= 11 is 0. The molecule has 1 aromatic carbocycles. The van der Waals surface area contributed by atoms with E-state index in [1.54, 1.807) is 14.2 Å². The molecule has 0 radical (unpaired) electrons. The SMILES string of the molecule is CCC(C)[C@H](N)c1cc(OC)cc(OC)c1.Cl. The van der Waals surface area contributed by atoms with Gasteiger partial charge in [0, 0.05) is 12.1 Å². The third kappa shape index (κ3) is 4.10. The van der Waals surface area contributed by atoms with Crippen LogP contribution < -0.4 is 15.2 Å². The van der Waals surface area contributed by atoms with Gasteiger partial charge in [-0.2, -0.15) is 0 Å².